The van der Waals surface area contributed by atoms with Gasteiger partial charge in [0.1, 0.15) is 28.6 Å². The molecule has 0 saturated heterocycles. The van der Waals surface area contributed by atoms with Gasteiger partial charge in [-0.15, -0.1) is 0 Å². The zero-order chi connectivity index (χ0) is 21.0. The zero-order valence-electron chi connectivity index (χ0n) is 16.2. The Labute approximate surface area is 167 Å². The summed E-state index contributed by atoms with van der Waals surface area (Å²) in [5, 5.41) is 5.35. The van der Waals surface area contributed by atoms with Crippen molar-refractivity contribution in [2.45, 2.75) is 13.0 Å². The lowest BCUT2D eigenvalue weighted by atomic mass is 10.1. The minimum Gasteiger partial charge on any atom is -0.496 e. The fourth-order valence-electron chi connectivity index (χ4n) is 2.90. The van der Waals surface area contributed by atoms with E-state index < -0.39 is 17.6 Å². The molecule has 2 aromatic carbocycles. The van der Waals surface area contributed by atoms with E-state index in [0.717, 1.165) is 0 Å². The molecule has 2 amide bonds. The average Bonchev–Trinajstić information content (AvgIpc) is 3.09. The van der Waals surface area contributed by atoms with Crippen molar-refractivity contribution in [2.24, 2.45) is 4.99 Å². The van der Waals surface area contributed by atoms with Gasteiger partial charge in [0.25, 0.3) is 11.8 Å². The van der Waals surface area contributed by atoms with Crippen LogP contribution in [0.2, 0.25) is 0 Å². The van der Waals surface area contributed by atoms with Gasteiger partial charge in [-0.3, -0.25) is 14.6 Å². The Kier molecular flexibility index (Phi) is 5.92. The summed E-state index contributed by atoms with van der Waals surface area (Å²) in [6, 6.07) is 10.0. The molecular weight excluding hydrogens is 377 g/mol. The van der Waals surface area contributed by atoms with Crippen molar-refractivity contribution in [1.82, 2.24) is 5.32 Å². The van der Waals surface area contributed by atoms with Crippen molar-refractivity contribution in [3.8, 4) is 11.5 Å². The fourth-order valence-corrected chi connectivity index (χ4v) is 2.90. The molecule has 7 nitrogen and oxygen atoms in total. The van der Waals surface area contributed by atoms with E-state index in [1.807, 2.05) is 0 Å². The molecule has 0 aliphatic carbocycles. The van der Waals surface area contributed by atoms with Crippen LogP contribution in [-0.4, -0.2) is 37.8 Å². The van der Waals surface area contributed by atoms with Crippen LogP contribution in [0.4, 0.5) is 10.1 Å². The van der Waals surface area contributed by atoms with Crippen LogP contribution in [0.1, 0.15) is 17.3 Å². The molecule has 2 N–H and O–H groups in total. The molecule has 0 aromatic heterocycles. The molecule has 0 bridgehead atoms. The number of ether oxygens (including phenoxy) is 2. The van der Waals surface area contributed by atoms with Crippen molar-refractivity contribution in [1.29, 1.82) is 0 Å². The van der Waals surface area contributed by atoms with Crippen molar-refractivity contribution in [3.63, 3.8) is 0 Å². The predicted octanol–water partition coefficient (Wildman–Crippen LogP) is 2.94. The quantitative estimate of drug-likeness (QED) is 0.784. The van der Waals surface area contributed by atoms with Crippen LogP contribution in [0, 0.1) is 5.82 Å². The lowest BCUT2D eigenvalue weighted by molar-refractivity contribution is -0.110. The maximum Gasteiger partial charge on any atom is 0.275 e. The summed E-state index contributed by atoms with van der Waals surface area (Å²) in [7, 11) is 2.90. The Hall–Kier alpha value is -3.68. The molecule has 1 aliphatic rings. The third-order valence-electron chi connectivity index (χ3n) is 4.22. The predicted molar refractivity (Wildman–Crippen MR) is 107 cm³/mol. The van der Waals surface area contributed by atoms with E-state index in [4.69, 9.17) is 9.47 Å². The first kappa shape index (κ1) is 20.1. The standard InChI is InChI=1S/C21H20FN3O4/c1-12-11-15(19(23-12)21(27)24-14-9-7-13(22)8-10-14)25-20(26)18-16(28-2)5-4-6-17(18)29-3/h4-12H,1-3H3,(H,24,27)(H,25,26). The van der Waals surface area contributed by atoms with E-state index in [9.17, 15) is 14.0 Å². The number of hydrogen-bond donors (Lipinski definition) is 2. The second-order valence-corrected chi connectivity index (χ2v) is 6.25. The van der Waals surface area contributed by atoms with E-state index in [2.05, 4.69) is 15.6 Å². The first-order valence-corrected chi connectivity index (χ1v) is 8.82. The third kappa shape index (κ3) is 4.43. The Morgan fingerprint density at radius 3 is 2.17 bits per heavy atom. The number of nitrogens with one attached hydrogen (secondary N) is 2. The Morgan fingerprint density at radius 2 is 1.59 bits per heavy atom. The Bertz CT molecular complexity index is 977. The first-order chi connectivity index (χ1) is 13.9. The summed E-state index contributed by atoms with van der Waals surface area (Å²) in [6.45, 7) is 1.79. The molecule has 0 radical (unpaired) electrons. The molecular formula is C21H20FN3O4. The number of amides is 2. The van der Waals surface area contributed by atoms with E-state index in [0.29, 0.717) is 17.2 Å². The van der Waals surface area contributed by atoms with Crippen molar-refractivity contribution < 1.29 is 23.5 Å². The van der Waals surface area contributed by atoms with Crippen LogP contribution < -0.4 is 20.1 Å². The highest BCUT2D eigenvalue weighted by molar-refractivity contribution is 6.49. The van der Waals surface area contributed by atoms with E-state index in [1.165, 1.54) is 38.5 Å². The first-order valence-electron chi connectivity index (χ1n) is 8.82. The molecule has 0 fully saturated rings. The highest BCUT2D eigenvalue weighted by Gasteiger charge is 2.27. The number of anilines is 1. The minimum absolute atomic E-state index is 0.0732. The topological polar surface area (TPSA) is 89.0 Å². The van der Waals surface area contributed by atoms with Crippen molar-refractivity contribution in [2.75, 3.05) is 19.5 Å². The lowest BCUT2D eigenvalue weighted by Crippen LogP contribution is -2.33. The van der Waals surface area contributed by atoms with Crippen LogP contribution in [0.15, 0.2) is 59.2 Å². The molecule has 150 valence electrons. The van der Waals surface area contributed by atoms with Gasteiger partial charge in [0.15, 0.2) is 0 Å². The summed E-state index contributed by atoms with van der Waals surface area (Å²) in [5.41, 5.74) is 0.964. The third-order valence-corrected chi connectivity index (χ3v) is 4.22. The van der Waals surface area contributed by atoms with Gasteiger partial charge in [-0.05, 0) is 49.4 Å². The van der Waals surface area contributed by atoms with Gasteiger partial charge in [-0.1, -0.05) is 6.07 Å². The van der Waals surface area contributed by atoms with Gasteiger partial charge < -0.3 is 20.1 Å². The number of methoxy groups -OCH3 is 2. The zero-order valence-corrected chi connectivity index (χ0v) is 16.2. The van der Waals surface area contributed by atoms with Crippen LogP contribution in [0.25, 0.3) is 0 Å². The number of benzene rings is 2. The normalized spacial score (nSPS) is 15.2. The summed E-state index contributed by atoms with van der Waals surface area (Å²) < 4.78 is 23.6. The summed E-state index contributed by atoms with van der Waals surface area (Å²) in [5.74, 6) is -0.750. The van der Waals surface area contributed by atoms with E-state index in [1.54, 1.807) is 31.2 Å². The largest absolute Gasteiger partial charge is 0.496 e. The molecule has 2 aromatic rings. The fraction of sp³-hybridized carbons (Fsp3) is 0.190. The summed E-state index contributed by atoms with van der Waals surface area (Å²) >= 11 is 0. The van der Waals surface area contributed by atoms with Gasteiger partial charge >= 0.3 is 0 Å². The molecule has 0 spiro atoms. The Morgan fingerprint density at radius 1 is 0.966 bits per heavy atom. The number of rotatable bonds is 6. The number of halogens is 1. The Balaban J connectivity index is 1.81. The van der Waals surface area contributed by atoms with E-state index >= 15 is 0 Å². The van der Waals surface area contributed by atoms with Crippen LogP contribution >= 0.6 is 0 Å². The summed E-state index contributed by atoms with van der Waals surface area (Å²) in [6.07, 6.45) is 1.67. The minimum atomic E-state index is -0.514. The van der Waals surface area contributed by atoms with Crippen LogP contribution in [0.5, 0.6) is 11.5 Å². The second kappa shape index (κ2) is 8.55. The molecule has 1 atom stereocenters. The molecule has 3 rings (SSSR count). The average molecular weight is 397 g/mol. The highest BCUT2D eigenvalue weighted by Crippen LogP contribution is 2.28. The van der Waals surface area contributed by atoms with Crippen molar-refractivity contribution in [3.05, 3.63) is 65.6 Å². The maximum atomic E-state index is 13.1. The number of aliphatic imine (C=N–C) groups is 1. The van der Waals surface area contributed by atoms with Gasteiger partial charge in [0.2, 0.25) is 0 Å². The van der Waals surface area contributed by atoms with Gasteiger partial charge in [-0.25, -0.2) is 4.39 Å². The van der Waals surface area contributed by atoms with Crippen molar-refractivity contribution >= 4 is 23.2 Å². The molecule has 0 saturated carbocycles. The number of nitrogens with zero attached hydrogens (tertiary/aromatic N) is 1. The maximum absolute atomic E-state index is 13.1. The van der Waals surface area contributed by atoms with Gasteiger partial charge in [0, 0.05) is 5.69 Å². The molecule has 1 aliphatic heterocycles. The smallest absolute Gasteiger partial charge is 0.275 e. The summed E-state index contributed by atoms with van der Waals surface area (Å²) in [4.78, 5) is 29.8. The van der Waals surface area contributed by atoms with Crippen LogP contribution in [0.3, 0.4) is 0 Å². The second-order valence-electron chi connectivity index (χ2n) is 6.25. The molecule has 29 heavy (non-hydrogen) atoms. The molecule has 8 heteroatoms. The number of hydrogen-bond acceptors (Lipinski definition) is 5. The SMILES string of the molecule is COc1cccc(OC)c1C(=O)NC1=CC(C)N=C1C(=O)Nc1ccc(F)cc1. The molecule has 1 heterocycles. The van der Waals surface area contributed by atoms with E-state index in [-0.39, 0.29) is 23.0 Å². The lowest BCUT2D eigenvalue weighted by Gasteiger charge is -2.14. The number of carbonyl (C=O) groups excluding carboxylic acids is 2. The highest BCUT2D eigenvalue weighted by atomic mass is 19.1. The van der Waals surface area contributed by atoms with Crippen LogP contribution in [-0.2, 0) is 4.79 Å². The molecule has 1 unspecified atom stereocenters. The number of carbonyl (C=O) groups is 2. The van der Waals surface area contributed by atoms with Gasteiger partial charge in [0.05, 0.1) is 26.0 Å². The monoisotopic (exact) mass is 397 g/mol. The van der Waals surface area contributed by atoms with Gasteiger partial charge in [-0.2, -0.15) is 0 Å².